The van der Waals surface area contributed by atoms with E-state index in [9.17, 15) is 0 Å². The van der Waals surface area contributed by atoms with Gasteiger partial charge < -0.3 is 15.0 Å². The zero-order valence-electron chi connectivity index (χ0n) is 12.2. The number of thiophene rings is 1. The number of rotatable bonds is 5. The van der Waals surface area contributed by atoms with Crippen LogP contribution in [0.25, 0.3) is 10.8 Å². The van der Waals surface area contributed by atoms with E-state index >= 15 is 0 Å². The highest BCUT2D eigenvalue weighted by Crippen LogP contribution is 2.36. The molecule has 1 aliphatic rings. The first-order valence-corrected chi connectivity index (χ1v) is 9.01. The number of aromatic nitrogens is 2. The molecule has 0 amide bonds. The van der Waals surface area contributed by atoms with E-state index in [-0.39, 0.29) is 12.1 Å². The third-order valence-corrected chi connectivity index (χ3v) is 5.45. The number of nitrogens with zero attached hydrogens (tertiary/aromatic N) is 2. The van der Waals surface area contributed by atoms with Crippen LogP contribution in [0.4, 0.5) is 0 Å². The van der Waals surface area contributed by atoms with Crippen LogP contribution in [0.5, 0.6) is 0 Å². The van der Waals surface area contributed by atoms with Gasteiger partial charge in [-0.25, -0.2) is 0 Å². The minimum Gasteiger partial charge on any atom is -0.377 e. The molecule has 2 aromatic heterocycles. The van der Waals surface area contributed by atoms with Crippen LogP contribution >= 0.6 is 23.1 Å². The van der Waals surface area contributed by atoms with Crippen LogP contribution in [0.2, 0.25) is 0 Å². The first-order valence-electron chi connectivity index (χ1n) is 7.04. The van der Waals surface area contributed by atoms with Crippen molar-refractivity contribution in [2.45, 2.75) is 38.2 Å². The van der Waals surface area contributed by atoms with Gasteiger partial charge in [-0.2, -0.15) is 16.7 Å². The van der Waals surface area contributed by atoms with Gasteiger partial charge in [0.05, 0.1) is 23.6 Å². The molecule has 1 aliphatic heterocycles. The van der Waals surface area contributed by atoms with E-state index in [0.29, 0.717) is 18.3 Å². The van der Waals surface area contributed by atoms with Gasteiger partial charge in [0.25, 0.3) is 5.89 Å². The molecular weight excluding hydrogens is 306 g/mol. The van der Waals surface area contributed by atoms with Crippen LogP contribution in [0.3, 0.4) is 0 Å². The van der Waals surface area contributed by atoms with Crippen LogP contribution in [0, 0.1) is 0 Å². The van der Waals surface area contributed by atoms with Crippen molar-refractivity contribution in [3.05, 3.63) is 22.3 Å². The Morgan fingerprint density at radius 1 is 1.48 bits per heavy atom. The van der Waals surface area contributed by atoms with Crippen LogP contribution in [-0.2, 0) is 16.9 Å². The molecule has 0 saturated heterocycles. The molecule has 0 aliphatic carbocycles. The van der Waals surface area contributed by atoms with Crippen molar-refractivity contribution < 1.29 is 9.26 Å². The van der Waals surface area contributed by atoms with Crippen LogP contribution in [0.15, 0.2) is 10.6 Å². The molecule has 21 heavy (non-hydrogen) atoms. The molecule has 3 rings (SSSR count). The summed E-state index contributed by atoms with van der Waals surface area (Å²) in [4.78, 5) is 6.90. The van der Waals surface area contributed by atoms with Crippen molar-refractivity contribution in [1.29, 1.82) is 0 Å². The first-order chi connectivity index (χ1) is 10.1. The number of hydrogen-bond donors (Lipinski definition) is 1. The summed E-state index contributed by atoms with van der Waals surface area (Å²) in [5, 5.41) is 3.99. The number of aryl methyl sites for hydroxylation is 1. The van der Waals surface area contributed by atoms with Crippen molar-refractivity contribution in [2.24, 2.45) is 5.73 Å². The molecule has 0 spiro atoms. The first kappa shape index (κ1) is 15.0. The Morgan fingerprint density at radius 2 is 2.33 bits per heavy atom. The second kappa shape index (κ2) is 6.48. The molecule has 114 valence electrons. The molecule has 1 atom stereocenters. The van der Waals surface area contributed by atoms with Crippen molar-refractivity contribution in [3.8, 4) is 10.8 Å². The predicted molar refractivity (Wildman–Crippen MR) is 85.5 cm³/mol. The van der Waals surface area contributed by atoms with Gasteiger partial charge in [-0.1, -0.05) is 5.16 Å². The molecule has 5 nitrogen and oxygen atoms in total. The van der Waals surface area contributed by atoms with E-state index in [1.165, 1.54) is 16.2 Å². The molecule has 0 fully saturated rings. The van der Waals surface area contributed by atoms with Crippen LogP contribution in [0.1, 0.15) is 36.2 Å². The van der Waals surface area contributed by atoms with Gasteiger partial charge in [-0.3, -0.25) is 0 Å². The Bertz CT molecular complexity index is 586. The zero-order chi connectivity index (χ0) is 14.8. The second-order valence-corrected chi connectivity index (χ2v) is 7.55. The molecule has 2 aromatic rings. The number of ether oxygens (including phenoxy) is 1. The molecule has 1 unspecified atom stereocenters. The van der Waals surface area contributed by atoms with Gasteiger partial charge in [0.1, 0.15) is 0 Å². The van der Waals surface area contributed by atoms with Crippen molar-refractivity contribution in [1.82, 2.24) is 10.1 Å². The summed E-state index contributed by atoms with van der Waals surface area (Å²) in [5.74, 6) is 3.34. The Kier molecular flexibility index (Phi) is 4.63. The SMILES string of the molecule is CC(C)OCC(N)c1noc(-c2cc3c(s2)CCSC3)n1. The summed E-state index contributed by atoms with van der Waals surface area (Å²) in [7, 11) is 0. The predicted octanol–water partition coefficient (Wildman–Crippen LogP) is 3.01. The van der Waals surface area contributed by atoms with Crippen molar-refractivity contribution in [2.75, 3.05) is 12.4 Å². The summed E-state index contributed by atoms with van der Waals surface area (Å²) in [6.07, 6.45) is 1.27. The summed E-state index contributed by atoms with van der Waals surface area (Å²) in [5.41, 5.74) is 7.42. The Balaban J connectivity index is 1.73. The van der Waals surface area contributed by atoms with E-state index in [2.05, 4.69) is 16.2 Å². The van der Waals surface area contributed by atoms with Crippen LogP contribution in [-0.4, -0.2) is 28.6 Å². The Labute approximate surface area is 132 Å². The van der Waals surface area contributed by atoms with Gasteiger partial charge in [0.2, 0.25) is 0 Å². The van der Waals surface area contributed by atoms with Gasteiger partial charge >= 0.3 is 0 Å². The average Bonchev–Trinajstić information content (AvgIpc) is 3.10. The summed E-state index contributed by atoms with van der Waals surface area (Å²) in [6, 6.07) is 1.81. The lowest BCUT2D eigenvalue weighted by molar-refractivity contribution is 0.0665. The molecule has 0 aromatic carbocycles. The van der Waals surface area contributed by atoms with E-state index in [1.807, 2.05) is 25.6 Å². The second-order valence-electron chi connectivity index (χ2n) is 5.31. The van der Waals surface area contributed by atoms with Crippen molar-refractivity contribution >= 4 is 23.1 Å². The highest BCUT2D eigenvalue weighted by molar-refractivity contribution is 7.98. The number of nitrogens with two attached hydrogens (primary N) is 1. The van der Waals surface area contributed by atoms with Gasteiger partial charge in [0.15, 0.2) is 5.82 Å². The molecule has 3 heterocycles. The fraction of sp³-hybridized carbons (Fsp3) is 0.571. The quantitative estimate of drug-likeness (QED) is 0.911. The largest absolute Gasteiger partial charge is 0.377 e. The maximum Gasteiger partial charge on any atom is 0.268 e. The van der Waals surface area contributed by atoms with E-state index in [0.717, 1.165) is 17.1 Å². The Morgan fingerprint density at radius 3 is 3.10 bits per heavy atom. The standard InChI is InChI=1S/C14H19N3O2S2/c1-8(2)18-6-10(15)13-16-14(19-17-13)12-5-9-7-20-4-3-11(9)21-12/h5,8,10H,3-4,6-7,15H2,1-2H3. The van der Waals surface area contributed by atoms with Gasteiger partial charge in [-0.05, 0) is 37.7 Å². The molecular formula is C14H19N3O2S2. The van der Waals surface area contributed by atoms with Crippen LogP contribution < -0.4 is 5.73 Å². The molecule has 0 saturated carbocycles. The van der Waals surface area contributed by atoms with E-state index < -0.39 is 0 Å². The molecule has 0 bridgehead atoms. The van der Waals surface area contributed by atoms with Gasteiger partial charge in [0, 0.05) is 10.6 Å². The molecule has 2 N–H and O–H groups in total. The number of thioether (sulfide) groups is 1. The average molecular weight is 325 g/mol. The minimum absolute atomic E-state index is 0.143. The topological polar surface area (TPSA) is 74.2 Å². The summed E-state index contributed by atoms with van der Waals surface area (Å²) in [6.45, 7) is 4.35. The van der Waals surface area contributed by atoms with E-state index in [1.54, 1.807) is 11.3 Å². The lowest BCUT2D eigenvalue weighted by Crippen LogP contribution is -2.20. The number of hydrogen-bond acceptors (Lipinski definition) is 7. The fourth-order valence-corrected chi connectivity index (χ4v) is 4.40. The molecule has 0 radical (unpaired) electrons. The third kappa shape index (κ3) is 3.48. The third-order valence-electron chi connectivity index (χ3n) is 3.22. The Hall–Kier alpha value is -0.890. The highest BCUT2D eigenvalue weighted by Gasteiger charge is 2.20. The normalized spacial score (nSPS) is 16.2. The lowest BCUT2D eigenvalue weighted by Gasteiger charge is -2.10. The maximum absolute atomic E-state index is 6.02. The maximum atomic E-state index is 6.02. The van der Waals surface area contributed by atoms with Crippen molar-refractivity contribution in [3.63, 3.8) is 0 Å². The zero-order valence-corrected chi connectivity index (χ0v) is 13.8. The summed E-state index contributed by atoms with van der Waals surface area (Å²) < 4.78 is 10.9. The lowest BCUT2D eigenvalue weighted by atomic mass is 10.2. The monoisotopic (exact) mass is 325 g/mol. The molecule has 7 heteroatoms. The van der Waals surface area contributed by atoms with E-state index in [4.69, 9.17) is 15.0 Å². The highest BCUT2D eigenvalue weighted by atomic mass is 32.2. The van der Waals surface area contributed by atoms with Gasteiger partial charge in [-0.15, -0.1) is 11.3 Å². The smallest absolute Gasteiger partial charge is 0.268 e. The fourth-order valence-electron chi connectivity index (χ4n) is 2.11. The number of fused-ring (bicyclic) bond motifs is 1. The summed E-state index contributed by atoms with van der Waals surface area (Å²) >= 11 is 3.72. The minimum atomic E-state index is -0.352.